The van der Waals surface area contributed by atoms with E-state index in [4.69, 9.17) is 11.0 Å². The van der Waals surface area contributed by atoms with Crippen LogP contribution in [0.15, 0.2) is 21.7 Å². The summed E-state index contributed by atoms with van der Waals surface area (Å²) in [6.07, 6.45) is 6.09. The summed E-state index contributed by atoms with van der Waals surface area (Å²) in [7, 11) is 0. The summed E-state index contributed by atoms with van der Waals surface area (Å²) in [4.78, 5) is 11.4. The molecule has 1 aliphatic rings. The van der Waals surface area contributed by atoms with Crippen LogP contribution in [0.1, 0.15) is 19.3 Å². The van der Waals surface area contributed by atoms with Gasteiger partial charge in [0.05, 0.1) is 16.2 Å². The van der Waals surface area contributed by atoms with Crippen molar-refractivity contribution in [3.8, 4) is 6.07 Å². The molecule has 5 heteroatoms. The summed E-state index contributed by atoms with van der Waals surface area (Å²) in [5.74, 6) is 0. The zero-order valence-corrected chi connectivity index (χ0v) is 10.3. The number of nitrogens with two attached hydrogens (primary N) is 1. The molecule has 2 N–H and O–H groups in total. The maximum atomic E-state index is 11.4. The molecule has 0 saturated heterocycles. The Labute approximate surface area is 102 Å². The van der Waals surface area contributed by atoms with Crippen LogP contribution in [-0.2, 0) is 6.54 Å². The van der Waals surface area contributed by atoms with Gasteiger partial charge in [-0.15, -0.1) is 0 Å². The van der Waals surface area contributed by atoms with Gasteiger partial charge in [0.25, 0.3) is 0 Å². The van der Waals surface area contributed by atoms with Gasteiger partial charge >= 0.3 is 0 Å². The Morgan fingerprint density at radius 2 is 2.25 bits per heavy atom. The number of pyridine rings is 1. The Balaban J connectivity index is 2.24. The molecule has 1 heterocycles. The Kier molecular flexibility index (Phi) is 2.76. The lowest BCUT2D eigenvalue weighted by Crippen LogP contribution is -2.17. The van der Waals surface area contributed by atoms with Crippen LogP contribution in [-0.4, -0.2) is 4.57 Å². The standard InChI is InChI=1S/C11H12BrN3O/c12-8-5-15(6-9(14)10(8)16)7-11(1-2-11)3-4-13/h5-6H,1-3,7,14H2. The first-order chi connectivity index (χ1) is 7.56. The number of hydrogen-bond donors (Lipinski definition) is 1. The average Bonchev–Trinajstić information content (AvgIpc) is 2.95. The zero-order valence-electron chi connectivity index (χ0n) is 8.74. The van der Waals surface area contributed by atoms with Crippen LogP contribution in [0.3, 0.4) is 0 Å². The smallest absolute Gasteiger partial charge is 0.218 e. The fraction of sp³-hybridized carbons (Fsp3) is 0.455. The lowest BCUT2D eigenvalue weighted by atomic mass is 10.0. The zero-order chi connectivity index (χ0) is 11.8. The molecular formula is C11H12BrN3O. The fourth-order valence-corrected chi connectivity index (χ4v) is 2.32. The molecule has 0 aliphatic heterocycles. The van der Waals surface area contributed by atoms with Crippen molar-refractivity contribution >= 4 is 21.6 Å². The number of halogens is 1. The highest BCUT2D eigenvalue weighted by molar-refractivity contribution is 9.10. The van der Waals surface area contributed by atoms with Crippen molar-refractivity contribution < 1.29 is 0 Å². The largest absolute Gasteiger partial charge is 0.394 e. The highest BCUT2D eigenvalue weighted by Gasteiger charge is 2.42. The van der Waals surface area contributed by atoms with Crippen LogP contribution in [0, 0.1) is 16.7 Å². The first-order valence-corrected chi connectivity index (χ1v) is 5.88. The van der Waals surface area contributed by atoms with Crippen molar-refractivity contribution in [2.45, 2.75) is 25.8 Å². The van der Waals surface area contributed by atoms with Crippen LogP contribution in [0.5, 0.6) is 0 Å². The predicted octanol–water partition coefficient (Wildman–Crippen LogP) is 1.89. The van der Waals surface area contributed by atoms with Gasteiger partial charge < -0.3 is 10.3 Å². The minimum absolute atomic E-state index is 0.107. The maximum Gasteiger partial charge on any atom is 0.218 e. The molecule has 1 fully saturated rings. The van der Waals surface area contributed by atoms with E-state index in [2.05, 4.69) is 22.0 Å². The quantitative estimate of drug-likeness (QED) is 0.920. The molecule has 0 spiro atoms. The monoisotopic (exact) mass is 281 g/mol. The first-order valence-electron chi connectivity index (χ1n) is 5.08. The van der Waals surface area contributed by atoms with E-state index < -0.39 is 0 Å². The van der Waals surface area contributed by atoms with Gasteiger partial charge in [0.2, 0.25) is 5.43 Å². The van der Waals surface area contributed by atoms with E-state index in [1.54, 1.807) is 12.4 Å². The third-order valence-corrected chi connectivity index (χ3v) is 3.56. The lowest BCUT2D eigenvalue weighted by Gasteiger charge is -2.14. The van der Waals surface area contributed by atoms with Crippen molar-refractivity contribution in [1.82, 2.24) is 4.57 Å². The predicted molar refractivity (Wildman–Crippen MR) is 64.7 cm³/mol. The van der Waals surface area contributed by atoms with Crippen LogP contribution >= 0.6 is 15.9 Å². The number of nitriles is 1. The fourth-order valence-electron chi connectivity index (χ4n) is 1.83. The SMILES string of the molecule is N#CCC1(Cn2cc(N)c(=O)c(Br)c2)CC1. The van der Waals surface area contributed by atoms with Crippen LogP contribution < -0.4 is 11.2 Å². The van der Waals surface area contributed by atoms with Crippen molar-refractivity contribution in [2.75, 3.05) is 5.73 Å². The summed E-state index contributed by atoms with van der Waals surface area (Å²) in [6.45, 7) is 0.754. The summed E-state index contributed by atoms with van der Waals surface area (Å²) >= 11 is 3.19. The van der Waals surface area contributed by atoms with E-state index in [0.29, 0.717) is 10.9 Å². The summed E-state index contributed by atoms with van der Waals surface area (Å²) in [5.41, 5.74) is 5.77. The van der Waals surface area contributed by atoms with E-state index in [1.807, 2.05) is 4.57 Å². The molecule has 0 radical (unpaired) electrons. The number of rotatable bonds is 3. The second-order valence-corrected chi connectivity index (χ2v) is 5.25. The Morgan fingerprint density at radius 3 is 2.75 bits per heavy atom. The van der Waals surface area contributed by atoms with E-state index in [1.165, 1.54) is 0 Å². The summed E-state index contributed by atoms with van der Waals surface area (Å²) < 4.78 is 2.37. The molecule has 0 aromatic carbocycles. The molecule has 1 aliphatic carbocycles. The Hall–Kier alpha value is -1.28. The molecule has 4 nitrogen and oxygen atoms in total. The second-order valence-electron chi connectivity index (χ2n) is 4.40. The molecule has 2 rings (SSSR count). The molecule has 0 unspecified atom stereocenters. The molecule has 1 aromatic heterocycles. The number of nitrogen functional groups attached to an aromatic ring is 1. The molecule has 16 heavy (non-hydrogen) atoms. The normalized spacial score (nSPS) is 16.8. The van der Waals surface area contributed by atoms with Crippen molar-refractivity contribution in [3.63, 3.8) is 0 Å². The number of nitrogens with zero attached hydrogens (tertiary/aromatic N) is 2. The Morgan fingerprint density at radius 1 is 1.56 bits per heavy atom. The van der Waals surface area contributed by atoms with Gasteiger partial charge in [0.1, 0.15) is 0 Å². The third-order valence-electron chi connectivity index (χ3n) is 2.99. The van der Waals surface area contributed by atoms with E-state index in [0.717, 1.165) is 19.4 Å². The molecule has 1 saturated carbocycles. The Bertz CT molecular complexity index is 485. The number of aromatic nitrogens is 1. The minimum atomic E-state index is -0.179. The first kappa shape index (κ1) is 11.2. The van der Waals surface area contributed by atoms with Gasteiger partial charge in [0.15, 0.2) is 0 Å². The van der Waals surface area contributed by atoms with Gasteiger partial charge in [0, 0.05) is 30.8 Å². The lowest BCUT2D eigenvalue weighted by molar-refractivity contribution is 0.430. The number of anilines is 1. The topological polar surface area (TPSA) is 71.8 Å². The van der Waals surface area contributed by atoms with E-state index in [-0.39, 0.29) is 16.5 Å². The van der Waals surface area contributed by atoms with Crippen LogP contribution in [0.25, 0.3) is 0 Å². The van der Waals surface area contributed by atoms with Gasteiger partial charge in [-0.2, -0.15) is 5.26 Å². The maximum absolute atomic E-state index is 11.4. The van der Waals surface area contributed by atoms with Crippen molar-refractivity contribution in [3.05, 3.63) is 27.1 Å². The van der Waals surface area contributed by atoms with Crippen molar-refractivity contribution in [1.29, 1.82) is 5.26 Å². The van der Waals surface area contributed by atoms with E-state index in [9.17, 15) is 4.79 Å². The highest BCUT2D eigenvalue weighted by Crippen LogP contribution is 2.49. The van der Waals surface area contributed by atoms with Crippen LogP contribution in [0.4, 0.5) is 5.69 Å². The molecule has 1 aromatic rings. The van der Waals surface area contributed by atoms with Gasteiger partial charge in [-0.05, 0) is 28.8 Å². The molecule has 84 valence electrons. The molecule has 0 bridgehead atoms. The second kappa shape index (κ2) is 3.95. The van der Waals surface area contributed by atoms with Gasteiger partial charge in [-0.25, -0.2) is 0 Å². The summed E-state index contributed by atoms with van der Waals surface area (Å²) in [5, 5.41) is 8.73. The average molecular weight is 282 g/mol. The third kappa shape index (κ3) is 2.12. The minimum Gasteiger partial charge on any atom is -0.394 e. The highest BCUT2D eigenvalue weighted by atomic mass is 79.9. The van der Waals surface area contributed by atoms with Gasteiger partial charge in [-0.1, -0.05) is 0 Å². The number of hydrogen-bond acceptors (Lipinski definition) is 3. The van der Waals surface area contributed by atoms with E-state index >= 15 is 0 Å². The molecular weight excluding hydrogens is 270 g/mol. The summed E-state index contributed by atoms with van der Waals surface area (Å²) in [6, 6.07) is 2.21. The van der Waals surface area contributed by atoms with Crippen molar-refractivity contribution in [2.24, 2.45) is 5.41 Å². The molecule has 0 atom stereocenters. The van der Waals surface area contributed by atoms with Gasteiger partial charge in [-0.3, -0.25) is 4.79 Å². The molecule has 0 amide bonds. The van der Waals surface area contributed by atoms with Crippen LogP contribution in [0.2, 0.25) is 0 Å².